The second kappa shape index (κ2) is 13.3. The van der Waals surface area contributed by atoms with Crippen LogP contribution in [0.5, 0.6) is 11.5 Å². The topological polar surface area (TPSA) is 165 Å². The summed E-state index contributed by atoms with van der Waals surface area (Å²) in [6.07, 6.45) is -12.2. The Bertz CT molecular complexity index is 1160. The second-order valence-electron chi connectivity index (χ2n) is 8.26. The van der Waals surface area contributed by atoms with Crippen LogP contribution in [0.1, 0.15) is 37.8 Å². The van der Waals surface area contributed by atoms with E-state index in [4.69, 9.17) is 20.9 Å². The number of fused-ring (bicyclic) bond motifs is 1. The number of nitrogens with zero attached hydrogens (tertiary/aromatic N) is 1. The highest BCUT2D eigenvalue weighted by atomic mass is 19.4. The maximum Gasteiger partial charge on any atom is 0.573 e. The molecule has 1 aliphatic heterocycles. The van der Waals surface area contributed by atoms with E-state index in [1.54, 1.807) is 0 Å². The van der Waals surface area contributed by atoms with Crippen LogP contribution in [0.2, 0.25) is 0 Å². The van der Waals surface area contributed by atoms with Gasteiger partial charge in [0.1, 0.15) is 17.5 Å². The van der Waals surface area contributed by atoms with Crippen molar-refractivity contribution in [2.45, 2.75) is 57.8 Å². The Kier molecular flexibility index (Phi) is 10.6. The molecule has 0 spiro atoms. The molecule has 17 heteroatoms. The van der Waals surface area contributed by atoms with Gasteiger partial charge in [0.25, 0.3) is 0 Å². The lowest BCUT2D eigenvalue weighted by molar-refractivity contribution is -0.274. The third-order valence-corrected chi connectivity index (χ3v) is 5.14. The standard InChI is InChI=1S/C23H26F6N4O7/c1-3-12-7-14(40-23(27,28)29)8-13-9-15(18(22(24,25)26)39-17(12)13)19(35)37-10-38-20(36)16(33-11(2)34)5-4-6-32-21(30)31/h7-9,16,18H,3-6,10H2,1-2H3,(H,33,34)(H4,30,31,32)/t16-,18-/m0/s1. The number of amides is 1. The summed E-state index contributed by atoms with van der Waals surface area (Å²) < 4.78 is 97.7. The molecule has 1 heterocycles. The normalized spacial score (nSPS) is 15.5. The zero-order valence-corrected chi connectivity index (χ0v) is 21.1. The molecule has 5 N–H and O–H groups in total. The van der Waals surface area contributed by atoms with Crippen molar-refractivity contribution >= 4 is 29.9 Å². The number of hydrogen-bond acceptors (Lipinski definition) is 8. The number of nitrogens with one attached hydrogen (secondary N) is 1. The van der Waals surface area contributed by atoms with Crippen molar-refractivity contribution in [1.82, 2.24) is 5.32 Å². The Morgan fingerprint density at radius 3 is 2.35 bits per heavy atom. The summed E-state index contributed by atoms with van der Waals surface area (Å²) in [7, 11) is 0. The summed E-state index contributed by atoms with van der Waals surface area (Å²) in [6, 6.07) is 0.415. The van der Waals surface area contributed by atoms with E-state index >= 15 is 0 Å². The highest BCUT2D eigenvalue weighted by Crippen LogP contribution is 2.42. The van der Waals surface area contributed by atoms with Crippen LogP contribution < -0.4 is 26.3 Å². The van der Waals surface area contributed by atoms with Crippen molar-refractivity contribution < 1.29 is 59.7 Å². The summed E-state index contributed by atoms with van der Waals surface area (Å²) in [5.74, 6) is -4.61. The Balaban J connectivity index is 2.21. The lowest BCUT2D eigenvalue weighted by atomic mass is 9.97. The quantitative estimate of drug-likeness (QED) is 0.0885. The van der Waals surface area contributed by atoms with Crippen LogP contribution in [0.25, 0.3) is 6.08 Å². The van der Waals surface area contributed by atoms with Crippen LogP contribution in [0.4, 0.5) is 26.3 Å². The molecule has 40 heavy (non-hydrogen) atoms. The van der Waals surface area contributed by atoms with Gasteiger partial charge in [-0.25, -0.2) is 9.59 Å². The first-order valence-electron chi connectivity index (χ1n) is 11.6. The Morgan fingerprint density at radius 1 is 1.12 bits per heavy atom. The monoisotopic (exact) mass is 584 g/mol. The van der Waals surface area contributed by atoms with Gasteiger partial charge in [-0.15, -0.1) is 13.2 Å². The van der Waals surface area contributed by atoms with Crippen LogP contribution in [-0.4, -0.2) is 61.8 Å². The van der Waals surface area contributed by atoms with Crippen LogP contribution in [0, 0.1) is 0 Å². The minimum absolute atomic E-state index is 0.0111. The van der Waals surface area contributed by atoms with Gasteiger partial charge in [0.05, 0.1) is 5.57 Å². The second-order valence-corrected chi connectivity index (χ2v) is 8.26. The van der Waals surface area contributed by atoms with E-state index in [1.807, 2.05) is 0 Å². The minimum atomic E-state index is -5.13. The van der Waals surface area contributed by atoms with Gasteiger partial charge in [-0.05, 0) is 43.0 Å². The zero-order chi connectivity index (χ0) is 30.3. The summed E-state index contributed by atoms with van der Waals surface area (Å²) >= 11 is 0. The average Bonchev–Trinajstić information content (AvgIpc) is 2.82. The van der Waals surface area contributed by atoms with E-state index in [-0.39, 0.29) is 48.6 Å². The molecule has 1 amide bonds. The van der Waals surface area contributed by atoms with Gasteiger partial charge in [0.2, 0.25) is 18.8 Å². The average molecular weight is 584 g/mol. The van der Waals surface area contributed by atoms with Crippen LogP contribution in [-0.2, 0) is 30.3 Å². The number of guanidine groups is 1. The molecule has 0 saturated heterocycles. The number of rotatable bonds is 11. The predicted octanol–water partition coefficient (Wildman–Crippen LogP) is 2.46. The number of nitrogens with two attached hydrogens (primary N) is 2. The molecule has 2 rings (SSSR count). The number of aryl methyl sites for hydroxylation is 1. The largest absolute Gasteiger partial charge is 0.573 e. The molecule has 11 nitrogen and oxygen atoms in total. The van der Waals surface area contributed by atoms with E-state index in [2.05, 4.69) is 19.8 Å². The lowest BCUT2D eigenvalue weighted by Crippen LogP contribution is -2.42. The molecule has 2 atom stereocenters. The van der Waals surface area contributed by atoms with E-state index in [0.717, 1.165) is 19.1 Å². The molecule has 0 fully saturated rings. The van der Waals surface area contributed by atoms with E-state index in [1.165, 1.54) is 6.92 Å². The molecular formula is C23H26F6N4O7. The summed E-state index contributed by atoms with van der Waals surface area (Å²) in [5, 5.41) is 2.30. The number of benzene rings is 1. The Hall–Kier alpha value is -4.18. The highest BCUT2D eigenvalue weighted by Gasteiger charge is 2.49. The fraction of sp³-hybridized carbons (Fsp3) is 0.478. The first-order chi connectivity index (χ1) is 18.5. The SMILES string of the molecule is CCc1cc(OC(F)(F)F)cc2c1O[C@H](C(F)(F)F)C(C(=O)OCOC(=O)[C@H](CCCN=C(N)N)NC(C)=O)=C2. The lowest BCUT2D eigenvalue weighted by Gasteiger charge is -2.29. The first kappa shape index (κ1) is 32.0. The Labute approximate surface area is 223 Å². The van der Waals surface area contributed by atoms with E-state index in [0.29, 0.717) is 6.08 Å². The number of carbonyl (C=O) groups excluding carboxylic acids is 3. The molecule has 0 radical (unpaired) electrons. The van der Waals surface area contributed by atoms with Crippen molar-refractivity contribution in [1.29, 1.82) is 0 Å². The van der Waals surface area contributed by atoms with Gasteiger partial charge in [-0.3, -0.25) is 9.79 Å². The molecule has 0 bridgehead atoms. The summed E-state index contributed by atoms with van der Waals surface area (Å²) in [5.41, 5.74) is 8.95. The van der Waals surface area contributed by atoms with Gasteiger partial charge in [-0.2, -0.15) is 13.2 Å². The summed E-state index contributed by atoms with van der Waals surface area (Å²) in [6.45, 7) is 1.56. The van der Waals surface area contributed by atoms with Crippen molar-refractivity contribution in [3.05, 3.63) is 28.8 Å². The number of esters is 2. The van der Waals surface area contributed by atoms with Gasteiger partial charge < -0.3 is 35.7 Å². The van der Waals surface area contributed by atoms with Crippen molar-refractivity contribution in [2.75, 3.05) is 13.3 Å². The number of carbonyl (C=O) groups is 3. The highest BCUT2D eigenvalue weighted by molar-refractivity contribution is 5.96. The number of alkyl halides is 6. The smallest absolute Gasteiger partial charge is 0.475 e. The van der Waals surface area contributed by atoms with Gasteiger partial charge >= 0.3 is 24.5 Å². The number of aliphatic imine (C=N–C) groups is 1. The van der Waals surface area contributed by atoms with Gasteiger partial charge in [0.15, 0.2) is 5.96 Å². The number of ether oxygens (including phenoxy) is 4. The number of halogens is 6. The molecule has 1 aromatic rings. The Morgan fingerprint density at radius 2 is 1.80 bits per heavy atom. The van der Waals surface area contributed by atoms with Gasteiger partial charge in [0, 0.05) is 19.0 Å². The molecule has 1 aliphatic rings. The fourth-order valence-electron chi connectivity index (χ4n) is 3.55. The third kappa shape index (κ3) is 9.53. The third-order valence-electron chi connectivity index (χ3n) is 5.14. The molecule has 0 aromatic heterocycles. The molecular weight excluding hydrogens is 558 g/mol. The van der Waals surface area contributed by atoms with Gasteiger partial charge in [-0.1, -0.05) is 6.92 Å². The minimum Gasteiger partial charge on any atom is -0.475 e. The first-order valence-corrected chi connectivity index (χ1v) is 11.6. The molecule has 1 aromatic carbocycles. The maximum absolute atomic E-state index is 13.8. The molecule has 0 saturated carbocycles. The van der Waals surface area contributed by atoms with Crippen LogP contribution >= 0.6 is 0 Å². The van der Waals surface area contributed by atoms with Crippen molar-refractivity contribution in [3.63, 3.8) is 0 Å². The molecule has 0 aliphatic carbocycles. The maximum atomic E-state index is 13.8. The summed E-state index contributed by atoms with van der Waals surface area (Å²) in [4.78, 5) is 40.0. The molecule has 0 unspecified atom stereocenters. The molecule has 222 valence electrons. The zero-order valence-electron chi connectivity index (χ0n) is 21.1. The van der Waals surface area contributed by atoms with Crippen molar-refractivity contribution in [2.24, 2.45) is 16.5 Å². The number of hydrogen-bond donors (Lipinski definition) is 3. The van der Waals surface area contributed by atoms with Crippen LogP contribution in [0.3, 0.4) is 0 Å². The predicted molar refractivity (Wildman–Crippen MR) is 126 cm³/mol. The van der Waals surface area contributed by atoms with E-state index < -0.39 is 60.6 Å². The van der Waals surface area contributed by atoms with E-state index in [9.17, 15) is 40.7 Å². The fourth-order valence-corrected chi connectivity index (χ4v) is 3.55. The van der Waals surface area contributed by atoms with Crippen molar-refractivity contribution in [3.8, 4) is 11.5 Å². The van der Waals surface area contributed by atoms with Crippen LogP contribution in [0.15, 0.2) is 22.7 Å².